The number of piperazine rings is 1. The van der Waals surface area contributed by atoms with E-state index in [4.69, 9.17) is 4.74 Å². The van der Waals surface area contributed by atoms with Crippen molar-refractivity contribution >= 4 is 27.5 Å². The molecule has 0 amide bonds. The molecule has 162 valence electrons. The van der Waals surface area contributed by atoms with Gasteiger partial charge in [-0.05, 0) is 43.3 Å². The SMILES string of the molecule is CCOc1ccc(S(=O)(=O)Nc2cnc(N3CCN(c4ccccn4)CC3)nc2)cc1. The standard InChI is InChI=1S/C21H24N6O3S/c1-2-30-18-6-8-19(9-7-18)31(28,29)25-17-15-23-21(24-16-17)27-13-11-26(12-14-27)20-5-3-4-10-22-20/h3-10,15-16,25H,2,11-14H2,1H3. The molecular formula is C21H24N6O3S. The van der Waals surface area contributed by atoms with E-state index in [1.165, 1.54) is 24.5 Å². The van der Waals surface area contributed by atoms with Crippen molar-refractivity contribution in [2.75, 3.05) is 47.3 Å². The van der Waals surface area contributed by atoms with E-state index in [1.54, 1.807) is 18.3 Å². The third-order valence-corrected chi connectivity index (χ3v) is 6.27. The third kappa shape index (κ3) is 5.02. The van der Waals surface area contributed by atoms with Gasteiger partial charge in [0.15, 0.2) is 0 Å². The van der Waals surface area contributed by atoms with Crippen LogP contribution in [-0.4, -0.2) is 56.2 Å². The lowest BCUT2D eigenvalue weighted by Gasteiger charge is -2.35. The molecule has 0 unspecified atom stereocenters. The molecule has 1 N–H and O–H groups in total. The molecule has 1 aliphatic heterocycles. The molecule has 1 aromatic carbocycles. The van der Waals surface area contributed by atoms with Crippen LogP contribution in [0.4, 0.5) is 17.5 Å². The lowest BCUT2D eigenvalue weighted by Crippen LogP contribution is -2.47. The van der Waals surface area contributed by atoms with Crippen molar-refractivity contribution in [2.24, 2.45) is 0 Å². The smallest absolute Gasteiger partial charge is 0.261 e. The number of nitrogens with one attached hydrogen (secondary N) is 1. The van der Waals surface area contributed by atoms with Crippen LogP contribution in [0.2, 0.25) is 0 Å². The Bertz CT molecular complexity index is 1080. The van der Waals surface area contributed by atoms with E-state index in [1.807, 2.05) is 25.1 Å². The normalized spacial score (nSPS) is 14.4. The van der Waals surface area contributed by atoms with Gasteiger partial charge in [-0.2, -0.15) is 0 Å². The molecule has 3 heterocycles. The first-order chi connectivity index (χ1) is 15.0. The number of ether oxygens (including phenoxy) is 1. The highest BCUT2D eigenvalue weighted by Crippen LogP contribution is 2.20. The Morgan fingerprint density at radius 2 is 1.61 bits per heavy atom. The van der Waals surface area contributed by atoms with Crippen molar-refractivity contribution in [3.63, 3.8) is 0 Å². The highest BCUT2D eigenvalue weighted by Gasteiger charge is 2.20. The van der Waals surface area contributed by atoms with Crippen LogP contribution < -0.4 is 19.3 Å². The molecule has 0 atom stereocenters. The molecule has 9 nitrogen and oxygen atoms in total. The van der Waals surface area contributed by atoms with Crippen molar-refractivity contribution < 1.29 is 13.2 Å². The predicted octanol–water partition coefficient (Wildman–Crippen LogP) is 2.40. The average molecular weight is 441 g/mol. The number of rotatable bonds is 7. The van der Waals surface area contributed by atoms with Gasteiger partial charge in [0.1, 0.15) is 11.6 Å². The van der Waals surface area contributed by atoms with E-state index >= 15 is 0 Å². The maximum atomic E-state index is 12.6. The first-order valence-corrected chi connectivity index (χ1v) is 11.5. The van der Waals surface area contributed by atoms with E-state index in [9.17, 15) is 8.42 Å². The first-order valence-electron chi connectivity index (χ1n) is 10.0. The van der Waals surface area contributed by atoms with Crippen LogP contribution in [0.15, 0.2) is 66.0 Å². The molecule has 1 fully saturated rings. The number of hydrogen-bond acceptors (Lipinski definition) is 8. The quantitative estimate of drug-likeness (QED) is 0.598. The number of benzene rings is 1. The van der Waals surface area contributed by atoms with E-state index in [2.05, 4.69) is 29.5 Å². The number of pyridine rings is 1. The maximum Gasteiger partial charge on any atom is 0.261 e. The topological polar surface area (TPSA) is 101 Å². The second-order valence-electron chi connectivity index (χ2n) is 6.94. The average Bonchev–Trinajstić information content (AvgIpc) is 2.81. The van der Waals surface area contributed by atoms with Crippen molar-refractivity contribution in [1.29, 1.82) is 0 Å². The van der Waals surface area contributed by atoms with E-state index < -0.39 is 10.0 Å². The minimum Gasteiger partial charge on any atom is -0.494 e. The van der Waals surface area contributed by atoms with Crippen LogP contribution in [0.1, 0.15) is 6.92 Å². The fraction of sp³-hybridized carbons (Fsp3) is 0.286. The fourth-order valence-corrected chi connectivity index (χ4v) is 4.34. The molecular weight excluding hydrogens is 416 g/mol. The summed E-state index contributed by atoms with van der Waals surface area (Å²) in [4.78, 5) is 17.5. The number of sulfonamides is 1. The molecule has 0 bridgehead atoms. The summed E-state index contributed by atoms with van der Waals surface area (Å²) in [6, 6.07) is 12.1. The lowest BCUT2D eigenvalue weighted by molar-refractivity contribution is 0.340. The largest absolute Gasteiger partial charge is 0.494 e. The van der Waals surface area contributed by atoms with Gasteiger partial charge < -0.3 is 14.5 Å². The summed E-state index contributed by atoms with van der Waals surface area (Å²) >= 11 is 0. The Hall–Kier alpha value is -3.40. The predicted molar refractivity (Wildman–Crippen MR) is 119 cm³/mol. The minimum absolute atomic E-state index is 0.144. The molecule has 1 aliphatic rings. The molecule has 0 radical (unpaired) electrons. The molecule has 0 spiro atoms. The summed E-state index contributed by atoms with van der Waals surface area (Å²) in [6.07, 6.45) is 4.76. The van der Waals surface area contributed by atoms with Gasteiger partial charge in [0, 0.05) is 32.4 Å². The third-order valence-electron chi connectivity index (χ3n) is 4.87. The molecule has 10 heteroatoms. The van der Waals surface area contributed by atoms with E-state index in [0.29, 0.717) is 24.0 Å². The zero-order valence-corrected chi connectivity index (χ0v) is 18.0. The molecule has 3 aromatic rings. The number of hydrogen-bond donors (Lipinski definition) is 1. The highest BCUT2D eigenvalue weighted by molar-refractivity contribution is 7.92. The Balaban J connectivity index is 1.37. The molecule has 2 aromatic heterocycles. The number of nitrogens with zero attached hydrogens (tertiary/aromatic N) is 5. The van der Waals surface area contributed by atoms with Gasteiger partial charge >= 0.3 is 0 Å². The van der Waals surface area contributed by atoms with Gasteiger partial charge in [0.25, 0.3) is 10.0 Å². The number of anilines is 3. The molecule has 4 rings (SSSR count). The van der Waals surface area contributed by atoms with Gasteiger partial charge in [-0.25, -0.2) is 23.4 Å². The maximum absolute atomic E-state index is 12.6. The number of aromatic nitrogens is 3. The van der Waals surface area contributed by atoms with Crippen molar-refractivity contribution in [1.82, 2.24) is 15.0 Å². The van der Waals surface area contributed by atoms with Crippen LogP contribution in [0.5, 0.6) is 5.75 Å². The van der Waals surface area contributed by atoms with Gasteiger partial charge in [-0.1, -0.05) is 6.07 Å². The summed E-state index contributed by atoms with van der Waals surface area (Å²) in [5.74, 6) is 2.16. The van der Waals surface area contributed by atoms with Crippen molar-refractivity contribution in [3.8, 4) is 5.75 Å². The Morgan fingerprint density at radius 3 is 2.23 bits per heavy atom. The van der Waals surface area contributed by atoms with Crippen LogP contribution in [0.3, 0.4) is 0 Å². The Kier molecular flexibility index (Phi) is 6.17. The first kappa shape index (κ1) is 20.9. The van der Waals surface area contributed by atoms with Gasteiger partial charge in [0.05, 0.1) is 29.6 Å². The van der Waals surface area contributed by atoms with Crippen molar-refractivity contribution in [3.05, 3.63) is 61.1 Å². The summed E-state index contributed by atoms with van der Waals surface area (Å²) in [5.41, 5.74) is 0.310. The molecule has 1 saturated heterocycles. The van der Waals surface area contributed by atoms with Gasteiger partial charge in [-0.15, -0.1) is 0 Å². The Labute approximate surface area is 181 Å². The van der Waals surface area contributed by atoms with Gasteiger partial charge in [-0.3, -0.25) is 4.72 Å². The van der Waals surface area contributed by atoms with Crippen LogP contribution in [0.25, 0.3) is 0 Å². The van der Waals surface area contributed by atoms with E-state index in [0.717, 1.165) is 32.0 Å². The summed E-state index contributed by atoms with van der Waals surface area (Å²) in [6.45, 7) is 5.53. The monoisotopic (exact) mass is 440 g/mol. The second-order valence-corrected chi connectivity index (χ2v) is 8.63. The Morgan fingerprint density at radius 1 is 0.935 bits per heavy atom. The molecule has 31 heavy (non-hydrogen) atoms. The van der Waals surface area contributed by atoms with Crippen molar-refractivity contribution in [2.45, 2.75) is 11.8 Å². The highest BCUT2D eigenvalue weighted by atomic mass is 32.2. The molecule has 0 aliphatic carbocycles. The summed E-state index contributed by atoms with van der Waals surface area (Å²) < 4.78 is 33.1. The second kappa shape index (κ2) is 9.17. The fourth-order valence-electron chi connectivity index (χ4n) is 3.31. The van der Waals surface area contributed by atoms with E-state index in [-0.39, 0.29) is 4.90 Å². The zero-order chi connectivity index (χ0) is 21.7. The molecule has 0 saturated carbocycles. The zero-order valence-electron chi connectivity index (χ0n) is 17.2. The summed E-state index contributed by atoms with van der Waals surface area (Å²) in [5, 5.41) is 0. The van der Waals surface area contributed by atoms with Gasteiger partial charge in [0.2, 0.25) is 5.95 Å². The minimum atomic E-state index is -3.73. The lowest BCUT2D eigenvalue weighted by atomic mass is 10.3. The summed E-state index contributed by atoms with van der Waals surface area (Å²) in [7, 11) is -3.73. The van der Waals surface area contributed by atoms with Crippen LogP contribution in [0, 0.1) is 0 Å². The van der Waals surface area contributed by atoms with Crippen LogP contribution in [-0.2, 0) is 10.0 Å². The van der Waals surface area contributed by atoms with Crippen LogP contribution >= 0.6 is 0 Å².